The van der Waals surface area contributed by atoms with Gasteiger partial charge in [-0.1, -0.05) is 0 Å². The van der Waals surface area contributed by atoms with Crippen LogP contribution < -0.4 is 5.32 Å². The molecule has 0 aliphatic carbocycles. The van der Waals surface area contributed by atoms with Gasteiger partial charge in [-0.2, -0.15) is 0 Å². The lowest BCUT2D eigenvalue weighted by Gasteiger charge is -2.33. The summed E-state index contributed by atoms with van der Waals surface area (Å²) in [6.45, 7) is 2.45. The van der Waals surface area contributed by atoms with Crippen molar-refractivity contribution in [3.05, 3.63) is 0 Å². The number of nitrogens with one attached hydrogen (secondary N) is 1. The molecule has 2 unspecified atom stereocenters. The van der Waals surface area contributed by atoms with Crippen molar-refractivity contribution in [2.24, 2.45) is 11.8 Å². The summed E-state index contributed by atoms with van der Waals surface area (Å²) in [5.41, 5.74) is 0. The molecule has 1 N–H and O–H groups in total. The van der Waals surface area contributed by atoms with Gasteiger partial charge in [-0.3, -0.25) is 4.79 Å². The number of rotatable bonds is 3. The molecule has 4 heteroatoms. The van der Waals surface area contributed by atoms with Gasteiger partial charge in [0.1, 0.15) is 0 Å². The number of nitrogens with zero attached hydrogens (tertiary/aromatic N) is 1. The average molecular weight is 266 g/mol. The van der Waals surface area contributed by atoms with Gasteiger partial charge in [0.05, 0.1) is 0 Å². The van der Waals surface area contributed by atoms with Crippen LogP contribution >= 0.6 is 0 Å². The lowest BCUT2D eigenvalue weighted by molar-refractivity contribution is -0.137. The molecule has 2 atom stereocenters. The quantitative estimate of drug-likeness (QED) is 0.839. The maximum absolute atomic E-state index is 12.4. The highest BCUT2D eigenvalue weighted by Gasteiger charge is 2.35. The van der Waals surface area contributed by atoms with Gasteiger partial charge in [0.25, 0.3) is 0 Å². The fourth-order valence-electron chi connectivity index (χ4n) is 4.06. The monoisotopic (exact) mass is 266 g/mol. The summed E-state index contributed by atoms with van der Waals surface area (Å²) in [6, 6.07) is 1.44. The normalized spacial score (nSPS) is 35.3. The summed E-state index contributed by atoms with van der Waals surface area (Å²) in [5.74, 6) is 1.25. The third kappa shape index (κ3) is 3.11. The molecule has 4 nitrogen and oxygen atoms in total. The topological polar surface area (TPSA) is 41.6 Å². The van der Waals surface area contributed by atoms with E-state index in [0.717, 1.165) is 44.7 Å². The molecule has 3 saturated heterocycles. The second-order valence-corrected chi connectivity index (χ2v) is 6.58. The molecule has 0 saturated carbocycles. The molecule has 2 bridgehead atoms. The molecule has 0 aromatic heterocycles. The molecule has 3 heterocycles. The minimum absolute atomic E-state index is 0.206. The minimum Gasteiger partial charge on any atom is -0.381 e. The van der Waals surface area contributed by atoms with Crippen LogP contribution in [0.15, 0.2) is 0 Å². The maximum atomic E-state index is 12.4. The Morgan fingerprint density at radius 3 is 2.42 bits per heavy atom. The average Bonchev–Trinajstić information content (AvgIpc) is 2.78. The van der Waals surface area contributed by atoms with E-state index < -0.39 is 0 Å². The van der Waals surface area contributed by atoms with Crippen LogP contribution in [0.25, 0.3) is 0 Å². The number of fused-ring (bicyclic) bond motifs is 2. The van der Waals surface area contributed by atoms with Crippen molar-refractivity contribution in [3.8, 4) is 0 Å². The highest BCUT2D eigenvalue weighted by Crippen LogP contribution is 2.31. The maximum Gasteiger partial charge on any atom is 0.225 e. The van der Waals surface area contributed by atoms with Crippen molar-refractivity contribution in [3.63, 3.8) is 0 Å². The van der Waals surface area contributed by atoms with Gasteiger partial charge >= 0.3 is 0 Å². The van der Waals surface area contributed by atoms with Crippen molar-refractivity contribution in [1.82, 2.24) is 10.2 Å². The van der Waals surface area contributed by atoms with Crippen LogP contribution in [0.4, 0.5) is 0 Å². The molecule has 3 aliphatic heterocycles. The van der Waals surface area contributed by atoms with E-state index in [0.29, 0.717) is 11.8 Å². The zero-order valence-corrected chi connectivity index (χ0v) is 11.9. The van der Waals surface area contributed by atoms with Crippen molar-refractivity contribution >= 4 is 5.91 Å². The Morgan fingerprint density at radius 1 is 1.16 bits per heavy atom. The van der Waals surface area contributed by atoms with Crippen molar-refractivity contribution in [2.75, 3.05) is 26.8 Å². The molecule has 3 aliphatic rings. The Bertz CT molecular complexity index is 316. The molecule has 0 aromatic rings. The van der Waals surface area contributed by atoms with Crippen LogP contribution in [0.3, 0.4) is 0 Å². The van der Waals surface area contributed by atoms with Gasteiger partial charge in [0.2, 0.25) is 5.91 Å². The fraction of sp³-hybridized carbons (Fsp3) is 0.933. The molecule has 3 rings (SSSR count). The molecule has 1 amide bonds. The number of hydrogen-bond acceptors (Lipinski definition) is 3. The van der Waals surface area contributed by atoms with E-state index in [4.69, 9.17) is 4.74 Å². The Kier molecular flexibility index (Phi) is 4.08. The largest absolute Gasteiger partial charge is 0.381 e. The molecule has 19 heavy (non-hydrogen) atoms. The van der Waals surface area contributed by atoms with E-state index in [2.05, 4.69) is 5.32 Å². The number of ether oxygens (including phenoxy) is 1. The van der Waals surface area contributed by atoms with Crippen molar-refractivity contribution in [2.45, 2.75) is 50.6 Å². The van der Waals surface area contributed by atoms with Crippen LogP contribution in [-0.4, -0.2) is 49.7 Å². The van der Waals surface area contributed by atoms with Gasteiger partial charge in [-0.25, -0.2) is 0 Å². The van der Waals surface area contributed by atoms with E-state index in [9.17, 15) is 4.79 Å². The first-order valence-electron chi connectivity index (χ1n) is 7.81. The van der Waals surface area contributed by atoms with Crippen LogP contribution in [0.2, 0.25) is 0 Å². The molecule has 108 valence electrons. The zero-order valence-electron chi connectivity index (χ0n) is 11.9. The summed E-state index contributed by atoms with van der Waals surface area (Å²) >= 11 is 0. The Labute approximate surface area is 115 Å². The van der Waals surface area contributed by atoms with E-state index in [1.807, 2.05) is 11.9 Å². The van der Waals surface area contributed by atoms with Crippen molar-refractivity contribution in [1.29, 1.82) is 0 Å². The highest BCUT2D eigenvalue weighted by atomic mass is 16.5. The number of piperidine rings is 1. The zero-order chi connectivity index (χ0) is 13.2. The standard InChI is InChI=1S/C15H26N2O2/c1-17(15(18)12-4-6-19-7-5-12)10-11-8-13-2-3-14(9-11)16-13/h11-14,16H,2-10H2,1H3. The molecule has 0 spiro atoms. The number of hydrogen-bond donors (Lipinski definition) is 1. The van der Waals surface area contributed by atoms with Crippen molar-refractivity contribution < 1.29 is 9.53 Å². The SMILES string of the molecule is CN(CC1CC2CCC(C1)N2)C(=O)C1CCOCC1. The molecule has 3 fully saturated rings. The van der Waals surface area contributed by atoms with Crippen LogP contribution in [-0.2, 0) is 9.53 Å². The summed E-state index contributed by atoms with van der Waals surface area (Å²) in [4.78, 5) is 14.4. The summed E-state index contributed by atoms with van der Waals surface area (Å²) in [6.07, 6.45) is 6.97. The molecule has 0 radical (unpaired) electrons. The summed E-state index contributed by atoms with van der Waals surface area (Å²) in [5, 5.41) is 3.67. The molecule has 0 aromatic carbocycles. The van der Waals surface area contributed by atoms with Gasteiger partial charge < -0.3 is 15.0 Å². The van der Waals surface area contributed by atoms with Crippen LogP contribution in [0, 0.1) is 11.8 Å². The number of carbonyl (C=O) groups excluding carboxylic acids is 1. The molecular formula is C15H26N2O2. The number of amides is 1. The third-order valence-corrected chi connectivity index (χ3v) is 5.05. The highest BCUT2D eigenvalue weighted by molar-refractivity contribution is 5.78. The van der Waals surface area contributed by atoms with E-state index in [-0.39, 0.29) is 5.92 Å². The summed E-state index contributed by atoms with van der Waals surface area (Å²) in [7, 11) is 1.99. The second kappa shape index (κ2) is 5.80. The third-order valence-electron chi connectivity index (χ3n) is 5.05. The minimum atomic E-state index is 0.206. The van der Waals surface area contributed by atoms with Gasteiger partial charge in [-0.15, -0.1) is 0 Å². The van der Waals surface area contributed by atoms with Gasteiger partial charge in [0.15, 0.2) is 0 Å². The fourth-order valence-corrected chi connectivity index (χ4v) is 4.06. The Balaban J connectivity index is 1.50. The summed E-state index contributed by atoms with van der Waals surface area (Å²) < 4.78 is 5.34. The predicted molar refractivity (Wildman–Crippen MR) is 73.8 cm³/mol. The number of carbonyl (C=O) groups is 1. The first kappa shape index (κ1) is 13.4. The first-order chi connectivity index (χ1) is 9.22. The Morgan fingerprint density at radius 2 is 1.79 bits per heavy atom. The van der Waals surface area contributed by atoms with Crippen LogP contribution in [0.5, 0.6) is 0 Å². The first-order valence-corrected chi connectivity index (χ1v) is 7.81. The smallest absolute Gasteiger partial charge is 0.225 e. The van der Waals surface area contributed by atoms with Crippen LogP contribution in [0.1, 0.15) is 38.5 Å². The predicted octanol–water partition coefficient (Wildman–Crippen LogP) is 1.40. The Hall–Kier alpha value is -0.610. The molecular weight excluding hydrogens is 240 g/mol. The second-order valence-electron chi connectivity index (χ2n) is 6.58. The van der Waals surface area contributed by atoms with E-state index in [1.54, 1.807) is 0 Å². The van der Waals surface area contributed by atoms with E-state index >= 15 is 0 Å². The van der Waals surface area contributed by atoms with E-state index in [1.165, 1.54) is 25.7 Å². The lowest BCUT2D eigenvalue weighted by Crippen LogP contribution is -2.44. The lowest BCUT2D eigenvalue weighted by atomic mass is 9.91. The van der Waals surface area contributed by atoms with Gasteiger partial charge in [0, 0.05) is 44.8 Å². The van der Waals surface area contributed by atoms with Gasteiger partial charge in [-0.05, 0) is 44.4 Å².